The van der Waals surface area contributed by atoms with Crippen molar-refractivity contribution in [2.24, 2.45) is 0 Å². The zero-order chi connectivity index (χ0) is 22.9. The molecule has 2 aromatic carbocycles. The van der Waals surface area contributed by atoms with Gasteiger partial charge in [-0.25, -0.2) is 13.1 Å². The second-order valence-electron chi connectivity index (χ2n) is 6.86. The third-order valence-electron chi connectivity index (χ3n) is 4.62. The van der Waals surface area contributed by atoms with E-state index in [1.165, 1.54) is 33.5 Å². The second kappa shape index (κ2) is 11.6. The molecule has 2 aromatic rings. The van der Waals surface area contributed by atoms with Crippen LogP contribution >= 0.6 is 0 Å². The van der Waals surface area contributed by atoms with Crippen LogP contribution in [-0.4, -0.2) is 42.2 Å². The number of methoxy groups -OCH3 is 3. The number of benzene rings is 2. The van der Waals surface area contributed by atoms with Gasteiger partial charge in [0.05, 0.1) is 26.2 Å². The number of ether oxygens (including phenoxy) is 3. The third-order valence-corrected chi connectivity index (χ3v) is 6.07. The van der Waals surface area contributed by atoms with Gasteiger partial charge in [-0.3, -0.25) is 4.79 Å². The number of nitrogens with one attached hydrogen (secondary N) is 2. The van der Waals surface area contributed by atoms with Crippen molar-refractivity contribution >= 4 is 21.6 Å². The highest BCUT2D eigenvalue weighted by Gasteiger charge is 2.16. The summed E-state index contributed by atoms with van der Waals surface area (Å²) in [6.45, 7) is 2.37. The molecule has 31 heavy (non-hydrogen) atoms. The van der Waals surface area contributed by atoms with Gasteiger partial charge >= 0.3 is 0 Å². The van der Waals surface area contributed by atoms with E-state index in [-0.39, 0.29) is 17.2 Å². The van der Waals surface area contributed by atoms with E-state index in [2.05, 4.69) is 10.0 Å². The summed E-state index contributed by atoms with van der Waals surface area (Å²) in [4.78, 5) is 12.5. The van der Waals surface area contributed by atoms with Crippen molar-refractivity contribution < 1.29 is 27.4 Å². The molecule has 0 aliphatic rings. The first-order valence-corrected chi connectivity index (χ1v) is 11.5. The van der Waals surface area contributed by atoms with Gasteiger partial charge in [0.25, 0.3) is 0 Å². The van der Waals surface area contributed by atoms with E-state index in [1.54, 1.807) is 24.3 Å². The van der Waals surface area contributed by atoms with E-state index >= 15 is 0 Å². The van der Waals surface area contributed by atoms with Gasteiger partial charge in [0.2, 0.25) is 21.7 Å². The van der Waals surface area contributed by atoms with Crippen LogP contribution in [0.25, 0.3) is 0 Å². The Morgan fingerprint density at radius 1 is 1.00 bits per heavy atom. The van der Waals surface area contributed by atoms with Gasteiger partial charge in [-0.1, -0.05) is 19.4 Å². The van der Waals surface area contributed by atoms with Crippen molar-refractivity contribution in [2.45, 2.75) is 37.5 Å². The van der Waals surface area contributed by atoms with Crippen molar-refractivity contribution in [3.05, 3.63) is 42.0 Å². The van der Waals surface area contributed by atoms with Crippen LogP contribution in [0.5, 0.6) is 17.2 Å². The Labute approximate surface area is 184 Å². The van der Waals surface area contributed by atoms with Crippen molar-refractivity contribution in [1.29, 1.82) is 0 Å². The Hall–Kier alpha value is -2.78. The summed E-state index contributed by atoms with van der Waals surface area (Å²) >= 11 is 0. The largest absolute Gasteiger partial charge is 0.493 e. The van der Waals surface area contributed by atoms with Gasteiger partial charge in [-0.05, 0) is 48.7 Å². The molecule has 0 atom stereocenters. The molecule has 0 saturated heterocycles. The maximum atomic E-state index is 12.4. The predicted molar refractivity (Wildman–Crippen MR) is 120 cm³/mol. The first-order chi connectivity index (χ1) is 14.8. The number of rotatable bonds is 12. The monoisotopic (exact) mass is 450 g/mol. The van der Waals surface area contributed by atoms with Crippen LogP contribution in [0.2, 0.25) is 0 Å². The first-order valence-electron chi connectivity index (χ1n) is 10.0. The lowest BCUT2D eigenvalue weighted by atomic mass is 10.1. The number of amides is 1. The molecule has 0 spiro atoms. The van der Waals surface area contributed by atoms with Crippen molar-refractivity contribution in [3.63, 3.8) is 0 Å². The second-order valence-corrected chi connectivity index (χ2v) is 8.63. The Morgan fingerprint density at radius 3 is 2.26 bits per heavy atom. The zero-order valence-corrected chi connectivity index (χ0v) is 19.2. The van der Waals surface area contributed by atoms with Crippen LogP contribution in [0, 0.1) is 0 Å². The van der Waals surface area contributed by atoms with Gasteiger partial charge in [0.15, 0.2) is 11.5 Å². The Balaban J connectivity index is 2.04. The highest BCUT2D eigenvalue weighted by atomic mass is 32.2. The number of hydrogen-bond donors (Lipinski definition) is 2. The third kappa shape index (κ3) is 6.86. The Morgan fingerprint density at radius 2 is 1.68 bits per heavy atom. The standard InChI is InChI=1S/C22H30N2O6S/c1-5-6-12-23-31(26,27)18-9-7-8-17(15-18)24-21(25)11-10-16-13-19(28-2)22(30-4)20(14-16)29-3/h7-9,13-15,23H,5-6,10-12H2,1-4H3,(H,24,25). The van der Waals surface area contributed by atoms with Crippen LogP contribution in [0.4, 0.5) is 5.69 Å². The SMILES string of the molecule is CCCCNS(=O)(=O)c1cccc(NC(=O)CCc2cc(OC)c(OC)c(OC)c2)c1. The van der Waals surface area contributed by atoms with Gasteiger partial charge in [0.1, 0.15) is 0 Å². The van der Waals surface area contributed by atoms with Crippen LogP contribution in [0.1, 0.15) is 31.7 Å². The van der Waals surface area contributed by atoms with Crippen molar-refractivity contribution in [2.75, 3.05) is 33.2 Å². The van der Waals surface area contributed by atoms with E-state index in [0.29, 0.717) is 35.9 Å². The molecular weight excluding hydrogens is 420 g/mol. The van der Waals surface area contributed by atoms with Gasteiger partial charge in [0, 0.05) is 18.7 Å². The number of aryl methyl sites for hydroxylation is 1. The quantitative estimate of drug-likeness (QED) is 0.481. The summed E-state index contributed by atoms with van der Waals surface area (Å²) in [5, 5.41) is 2.75. The highest BCUT2D eigenvalue weighted by Crippen LogP contribution is 2.38. The average molecular weight is 451 g/mol. The number of carbonyl (C=O) groups is 1. The molecule has 0 heterocycles. The molecule has 0 radical (unpaired) electrons. The molecule has 1 amide bonds. The first kappa shape index (κ1) is 24.5. The number of carbonyl (C=O) groups excluding carboxylic acids is 1. The summed E-state index contributed by atoms with van der Waals surface area (Å²) in [7, 11) is 0.987. The number of hydrogen-bond acceptors (Lipinski definition) is 6. The molecular formula is C22H30N2O6S. The fourth-order valence-electron chi connectivity index (χ4n) is 2.97. The van der Waals surface area contributed by atoms with Crippen LogP contribution in [0.15, 0.2) is 41.3 Å². The minimum Gasteiger partial charge on any atom is -0.493 e. The van der Waals surface area contributed by atoms with E-state index in [9.17, 15) is 13.2 Å². The van der Waals surface area contributed by atoms with Crippen LogP contribution < -0.4 is 24.2 Å². The van der Waals surface area contributed by atoms with Crippen LogP contribution in [0.3, 0.4) is 0 Å². The summed E-state index contributed by atoms with van der Waals surface area (Å²) < 4.78 is 43.3. The van der Waals surface area contributed by atoms with Crippen molar-refractivity contribution in [3.8, 4) is 17.2 Å². The van der Waals surface area contributed by atoms with E-state index < -0.39 is 10.0 Å². The summed E-state index contributed by atoms with van der Waals surface area (Å²) in [6.07, 6.45) is 2.30. The summed E-state index contributed by atoms with van der Waals surface area (Å²) in [6, 6.07) is 9.80. The van der Waals surface area contributed by atoms with Gasteiger partial charge in [-0.15, -0.1) is 0 Å². The molecule has 0 unspecified atom stereocenters. The van der Waals surface area contributed by atoms with E-state index in [0.717, 1.165) is 18.4 Å². The molecule has 0 aliphatic carbocycles. The Kier molecular flexibility index (Phi) is 9.14. The predicted octanol–water partition coefficient (Wildman–Crippen LogP) is 3.36. The average Bonchev–Trinajstić information content (AvgIpc) is 2.77. The minimum absolute atomic E-state index is 0.117. The molecule has 2 rings (SSSR count). The highest BCUT2D eigenvalue weighted by molar-refractivity contribution is 7.89. The lowest BCUT2D eigenvalue weighted by Gasteiger charge is -2.14. The van der Waals surface area contributed by atoms with E-state index in [1.807, 2.05) is 6.92 Å². The van der Waals surface area contributed by atoms with Crippen LogP contribution in [-0.2, 0) is 21.2 Å². The number of sulfonamides is 1. The summed E-state index contributed by atoms with van der Waals surface area (Å²) in [5.74, 6) is 1.29. The molecule has 0 bridgehead atoms. The normalized spacial score (nSPS) is 11.1. The lowest BCUT2D eigenvalue weighted by Crippen LogP contribution is -2.24. The topological polar surface area (TPSA) is 103 Å². The Bertz CT molecular complexity index is 966. The molecule has 0 aromatic heterocycles. The van der Waals surface area contributed by atoms with Crippen molar-refractivity contribution in [1.82, 2.24) is 4.72 Å². The lowest BCUT2D eigenvalue weighted by molar-refractivity contribution is -0.116. The molecule has 8 nitrogen and oxygen atoms in total. The molecule has 2 N–H and O–H groups in total. The molecule has 0 saturated carbocycles. The van der Waals surface area contributed by atoms with E-state index in [4.69, 9.17) is 14.2 Å². The fourth-order valence-corrected chi connectivity index (χ4v) is 4.09. The number of anilines is 1. The summed E-state index contributed by atoms with van der Waals surface area (Å²) in [5.41, 5.74) is 1.27. The maximum absolute atomic E-state index is 12.4. The molecule has 170 valence electrons. The molecule has 9 heteroatoms. The molecule has 0 fully saturated rings. The van der Waals surface area contributed by atoms with Gasteiger partial charge < -0.3 is 19.5 Å². The minimum atomic E-state index is -3.61. The smallest absolute Gasteiger partial charge is 0.240 e. The zero-order valence-electron chi connectivity index (χ0n) is 18.4. The number of unbranched alkanes of at least 4 members (excludes halogenated alkanes) is 1. The fraction of sp³-hybridized carbons (Fsp3) is 0.409. The molecule has 0 aliphatic heterocycles. The maximum Gasteiger partial charge on any atom is 0.240 e. The van der Waals surface area contributed by atoms with Gasteiger partial charge in [-0.2, -0.15) is 0 Å².